The molecule has 1 aliphatic carbocycles. The van der Waals surface area contributed by atoms with E-state index in [0.29, 0.717) is 11.1 Å². The lowest BCUT2D eigenvalue weighted by Gasteiger charge is -2.24. The maximum atomic E-state index is 12.5. The van der Waals surface area contributed by atoms with Crippen molar-refractivity contribution >= 4 is 13.7 Å². The van der Waals surface area contributed by atoms with Gasteiger partial charge in [0, 0.05) is 0 Å². The highest BCUT2D eigenvalue weighted by Crippen LogP contribution is 2.30. The highest BCUT2D eigenvalue weighted by Gasteiger charge is 2.12. The maximum Gasteiger partial charge on any atom is -0.0000723 e. The Morgan fingerprint density at radius 2 is 1.67 bits per heavy atom. The van der Waals surface area contributed by atoms with E-state index in [1.165, 1.54) is 43.2 Å². The molecular weight excluding hydrogens is 239 g/mol. The molecule has 2 heteroatoms. The van der Waals surface area contributed by atoms with E-state index in [-0.39, 0.29) is 0 Å². The van der Waals surface area contributed by atoms with Gasteiger partial charge < -0.3 is 5.11 Å². The lowest BCUT2D eigenvalue weighted by atomic mass is 9.99. The van der Waals surface area contributed by atoms with Crippen molar-refractivity contribution in [1.82, 2.24) is 0 Å². The van der Waals surface area contributed by atoms with Gasteiger partial charge in [-0.1, -0.05) is 31.4 Å². The van der Waals surface area contributed by atoms with Crippen molar-refractivity contribution in [3.63, 3.8) is 0 Å². The van der Waals surface area contributed by atoms with E-state index in [0.717, 1.165) is 19.3 Å². The van der Waals surface area contributed by atoms with Gasteiger partial charge in [-0.05, 0) is 61.5 Å². The summed E-state index contributed by atoms with van der Waals surface area (Å²) in [6.07, 6.45) is 6.42. The van der Waals surface area contributed by atoms with Crippen LogP contribution in [0.3, 0.4) is 0 Å². The Morgan fingerprint density at radius 1 is 1.06 bits per heavy atom. The monoisotopic (exact) mass is 261 g/mol. The van der Waals surface area contributed by atoms with Gasteiger partial charge in [0.25, 0.3) is 0 Å². The molecule has 0 bridgehead atoms. The lowest BCUT2D eigenvalue weighted by Crippen LogP contribution is -2.21. The molecular formula is C16H22OP-. The normalized spacial score (nSPS) is 18.1. The molecule has 0 spiro atoms. The number of rotatable bonds is 2. The molecule has 1 aromatic rings. The second-order valence-corrected chi connectivity index (χ2v) is 6.82. The minimum atomic E-state index is 0.334. The molecule has 1 fully saturated rings. The maximum absolute atomic E-state index is 12.5. The third-order valence-electron chi connectivity index (χ3n) is 4.03. The van der Waals surface area contributed by atoms with Crippen LogP contribution in [0.1, 0.15) is 54.4 Å². The van der Waals surface area contributed by atoms with Gasteiger partial charge in [0.15, 0.2) is 0 Å². The largest absolute Gasteiger partial charge is 0.824 e. The molecule has 1 saturated carbocycles. The van der Waals surface area contributed by atoms with Crippen molar-refractivity contribution in [2.75, 3.05) is 0 Å². The van der Waals surface area contributed by atoms with E-state index >= 15 is 0 Å². The van der Waals surface area contributed by atoms with Crippen molar-refractivity contribution in [3.05, 3.63) is 34.4 Å². The van der Waals surface area contributed by atoms with Crippen LogP contribution >= 0.6 is 8.20 Å². The summed E-state index contributed by atoms with van der Waals surface area (Å²) in [6.45, 7) is 6.21. The summed E-state index contributed by atoms with van der Waals surface area (Å²) in [4.78, 5) is 0. The second kappa shape index (κ2) is 5.99. The molecule has 0 amide bonds. The molecule has 0 saturated heterocycles. The van der Waals surface area contributed by atoms with Gasteiger partial charge in [0.2, 0.25) is 0 Å². The molecule has 0 aromatic heterocycles. The van der Waals surface area contributed by atoms with Crippen molar-refractivity contribution in [2.24, 2.45) is 0 Å². The van der Waals surface area contributed by atoms with Crippen LogP contribution in [-0.2, 0) is 0 Å². The van der Waals surface area contributed by atoms with Crippen molar-refractivity contribution in [2.45, 2.75) is 58.5 Å². The third-order valence-corrected chi connectivity index (χ3v) is 5.37. The quantitative estimate of drug-likeness (QED) is 0.744. The highest BCUT2D eigenvalue weighted by molar-refractivity contribution is 7.41. The molecule has 0 heterocycles. The fourth-order valence-electron chi connectivity index (χ4n) is 2.72. The average Bonchev–Trinajstić information content (AvgIpc) is 2.36. The predicted octanol–water partition coefficient (Wildman–Crippen LogP) is 3.73. The van der Waals surface area contributed by atoms with Gasteiger partial charge in [-0.15, -0.1) is 13.7 Å². The molecule has 1 aliphatic rings. The van der Waals surface area contributed by atoms with Crippen LogP contribution in [0.4, 0.5) is 0 Å². The third kappa shape index (κ3) is 3.02. The number of benzene rings is 1. The number of hydrogen-bond acceptors (Lipinski definition) is 1. The molecule has 0 atom stereocenters. The summed E-state index contributed by atoms with van der Waals surface area (Å²) in [5.41, 5.74) is 5.44. The standard InChI is InChI=1S/C16H23OP/c1-11-9-10-12(2)15(13(11)3)16(17)18-14-7-5-4-6-8-14/h9-10,14,17H,4-8H2,1-3H3/p-1. The van der Waals surface area contributed by atoms with E-state index in [2.05, 4.69) is 32.9 Å². The molecule has 1 aromatic carbocycles. The number of hydrogen-bond donors (Lipinski definition) is 0. The zero-order valence-corrected chi connectivity index (χ0v) is 12.5. The van der Waals surface area contributed by atoms with E-state index in [1.54, 1.807) is 0 Å². The van der Waals surface area contributed by atoms with Crippen LogP contribution < -0.4 is 5.11 Å². The molecule has 0 aliphatic heterocycles. The fourth-order valence-corrected chi connectivity index (χ4v) is 4.15. The number of aryl methyl sites for hydroxylation is 2. The first-order valence-corrected chi connectivity index (χ1v) is 7.88. The molecule has 98 valence electrons. The van der Waals surface area contributed by atoms with E-state index in [1.807, 2.05) is 0 Å². The minimum Gasteiger partial charge on any atom is -0.824 e. The van der Waals surface area contributed by atoms with Gasteiger partial charge in [0.1, 0.15) is 0 Å². The van der Waals surface area contributed by atoms with Crippen molar-refractivity contribution < 1.29 is 5.11 Å². The van der Waals surface area contributed by atoms with Gasteiger partial charge in [-0.25, -0.2) is 0 Å². The van der Waals surface area contributed by atoms with Crippen LogP contribution in [-0.4, -0.2) is 11.1 Å². The zero-order valence-electron chi connectivity index (χ0n) is 11.6. The summed E-state index contributed by atoms with van der Waals surface area (Å²) in [5, 5.41) is 12.5. The Kier molecular flexibility index (Phi) is 4.59. The molecule has 0 N–H and O–H groups in total. The first kappa shape index (κ1) is 13.8. The van der Waals surface area contributed by atoms with E-state index in [9.17, 15) is 5.11 Å². The SMILES string of the molecule is Cc1ccc(C)c(C([O-])=PC2CCCCC2)c1C. The van der Waals surface area contributed by atoms with Crippen molar-refractivity contribution in [1.29, 1.82) is 0 Å². The summed E-state index contributed by atoms with van der Waals surface area (Å²) in [6, 6.07) is 4.19. The summed E-state index contributed by atoms with van der Waals surface area (Å²) < 4.78 is 0. The highest BCUT2D eigenvalue weighted by atomic mass is 31.1. The van der Waals surface area contributed by atoms with Crippen LogP contribution in [0.15, 0.2) is 12.1 Å². The molecule has 18 heavy (non-hydrogen) atoms. The van der Waals surface area contributed by atoms with Crippen LogP contribution in [0.5, 0.6) is 0 Å². The second-order valence-electron chi connectivity index (χ2n) is 5.43. The Hall–Kier alpha value is -0.650. The smallest absolute Gasteiger partial charge is 0.0000723 e. The predicted molar refractivity (Wildman–Crippen MR) is 78.6 cm³/mol. The van der Waals surface area contributed by atoms with Crippen LogP contribution in [0.25, 0.3) is 0 Å². The zero-order chi connectivity index (χ0) is 13.1. The van der Waals surface area contributed by atoms with Crippen molar-refractivity contribution in [3.8, 4) is 0 Å². The van der Waals surface area contributed by atoms with Gasteiger partial charge in [-0.3, -0.25) is 0 Å². The van der Waals surface area contributed by atoms with Gasteiger partial charge >= 0.3 is 0 Å². The summed E-state index contributed by atoms with van der Waals surface area (Å²) in [5.74, 6) is 0. The average molecular weight is 261 g/mol. The minimum absolute atomic E-state index is 0.334. The Morgan fingerprint density at radius 3 is 2.33 bits per heavy atom. The van der Waals surface area contributed by atoms with Gasteiger partial charge in [-0.2, -0.15) is 0 Å². The first-order chi connectivity index (χ1) is 8.59. The van der Waals surface area contributed by atoms with Crippen LogP contribution in [0.2, 0.25) is 0 Å². The summed E-state index contributed by atoms with van der Waals surface area (Å²) in [7, 11) is 1.03. The summed E-state index contributed by atoms with van der Waals surface area (Å²) >= 11 is 0. The molecule has 0 unspecified atom stereocenters. The fraction of sp³-hybridized carbons (Fsp3) is 0.562. The van der Waals surface area contributed by atoms with Crippen LogP contribution in [0, 0.1) is 20.8 Å². The van der Waals surface area contributed by atoms with Gasteiger partial charge in [0.05, 0.1) is 0 Å². The Balaban J connectivity index is 2.30. The Labute approximate surface area is 112 Å². The molecule has 0 radical (unpaired) electrons. The topological polar surface area (TPSA) is 23.1 Å². The Bertz CT molecular complexity index is 456. The molecule has 2 rings (SSSR count). The lowest BCUT2D eigenvalue weighted by molar-refractivity contribution is -0.207. The van der Waals surface area contributed by atoms with E-state index in [4.69, 9.17) is 0 Å². The first-order valence-electron chi connectivity index (χ1n) is 6.91. The molecule has 1 nitrogen and oxygen atoms in total. The van der Waals surface area contributed by atoms with E-state index < -0.39 is 0 Å².